The van der Waals surface area contributed by atoms with E-state index in [0.717, 1.165) is 54.1 Å². The number of amides is 2. The fraction of sp³-hybridized carbons (Fsp3) is 0.278. The summed E-state index contributed by atoms with van der Waals surface area (Å²) in [5.41, 5.74) is 1.81. The number of halogens is 2. The van der Waals surface area contributed by atoms with Gasteiger partial charge in [-0.3, -0.25) is 13.9 Å². The van der Waals surface area contributed by atoms with Gasteiger partial charge in [-0.1, -0.05) is 91.5 Å². The molecule has 4 aromatic rings. The highest BCUT2D eigenvalue weighted by Gasteiger charge is 2.35. The van der Waals surface area contributed by atoms with Gasteiger partial charge in [0.2, 0.25) is 11.8 Å². The molecule has 0 radical (unpaired) electrons. The van der Waals surface area contributed by atoms with E-state index in [1.807, 2.05) is 36.4 Å². The molecule has 1 unspecified atom stereocenters. The van der Waals surface area contributed by atoms with Gasteiger partial charge in [0.1, 0.15) is 18.4 Å². The van der Waals surface area contributed by atoms with Gasteiger partial charge >= 0.3 is 0 Å². The number of nitrogens with zero attached hydrogens (tertiary/aromatic N) is 2. The van der Waals surface area contributed by atoms with Gasteiger partial charge in [-0.05, 0) is 72.5 Å². The highest BCUT2D eigenvalue weighted by molar-refractivity contribution is 7.92. The average molecular weight is 662 g/mol. The van der Waals surface area contributed by atoms with E-state index in [1.54, 1.807) is 48.5 Å². The molecule has 10 heteroatoms. The summed E-state index contributed by atoms with van der Waals surface area (Å²) in [6, 6.07) is 28.3. The van der Waals surface area contributed by atoms with E-state index in [-0.39, 0.29) is 35.5 Å². The Morgan fingerprint density at radius 2 is 1.46 bits per heavy atom. The van der Waals surface area contributed by atoms with Crippen molar-refractivity contribution < 1.29 is 22.4 Å². The molecule has 0 heterocycles. The smallest absolute Gasteiger partial charge is 0.264 e. The van der Waals surface area contributed by atoms with Gasteiger partial charge in [-0.25, -0.2) is 12.8 Å². The first-order chi connectivity index (χ1) is 22.2. The number of hydrogen-bond donors (Lipinski definition) is 1. The van der Waals surface area contributed by atoms with E-state index in [2.05, 4.69) is 5.32 Å². The van der Waals surface area contributed by atoms with Crippen molar-refractivity contribution >= 4 is 39.1 Å². The standard InChI is InChI=1S/C36H37ClFN3O4S/c37-29-14-10-13-28(23-29)25-40(34(24-27-11-4-1-5-12-27)36(43)39-31-15-6-2-7-16-31)35(42)26-41(32-17-8-3-9-18-32)46(44,45)33-21-19-30(38)20-22-33/h1,3-5,8-14,17-23,31,34H,2,6-7,15-16,24-26H2,(H,39,43). The zero-order chi connectivity index (χ0) is 32.5. The Morgan fingerprint density at radius 1 is 0.826 bits per heavy atom. The number of hydrogen-bond acceptors (Lipinski definition) is 4. The Kier molecular flexibility index (Phi) is 11.1. The van der Waals surface area contributed by atoms with Gasteiger partial charge in [0.05, 0.1) is 10.6 Å². The molecular formula is C36H37ClFN3O4S. The lowest BCUT2D eigenvalue weighted by atomic mass is 9.94. The van der Waals surface area contributed by atoms with Gasteiger partial charge in [-0.15, -0.1) is 0 Å². The predicted octanol–water partition coefficient (Wildman–Crippen LogP) is 6.76. The third-order valence-corrected chi connectivity index (χ3v) is 10.2. The van der Waals surface area contributed by atoms with Crippen molar-refractivity contribution in [3.05, 3.63) is 131 Å². The summed E-state index contributed by atoms with van der Waals surface area (Å²) < 4.78 is 42.7. The second-order valence-corrected chi connectivity index (χ2v) is 13.8. The number of benzene rings is 4. The summed E-state index contributed by atoms with van der Waals surface area (Å²) in [5, 5.41) is 3.66. The first-order valence-corrected chi connectivity index (χ1v) is 17.2. The van der Waals surface area contributed by atoms with E-state index >= 15 is 0 Å². The largest absolute Gasteiger partial charge is 0.352 e. The lowest BCUT2D eigenvalue weighted by Crippen LogP contribution is -2.55. The van der Waals surface area contributed by atoms with Crippen molar-refractivity contribution in [1.29, 1.82) is 0 Å². The quantitative estimate of drug-likeness (QED) is 0.182. The topological polar surface area (TPSA) is 86.8 Å². The van der Waals surface area contributed by atoms with E-state index in [0.29, 0.717) is 10.6 Å². The van der Waals surface area contributed by atoms with Crippen molar-refractivity contribution in [2.24, 2.45) is 0 Å². The molecule has 5 rings (SSSR count). The van der Waals surface area contributed by atoms with E-state index in [9.17, 15) is 22.4 Å². The first-order valence-electron chi connectivity index (χ1n) is 15.4. The maximum Gasteiger partial charge on any atom is 0.264 e. The van der Waals surface area contributed by atoms with Gasteiger partial charge < -0.3 is 10.2 Å². The average Bonchev–Trinajstić information content (AvgIpc) is 3.06. The minimum Gasteiger partial charge on any atom is -0.352 e. The molecule has 1 aliphatic rings. The molecule has 1 saturated carbocycles. The molecule has 1 N–H and O–H groups in total. The van der Waals surface area contributed by atoms with Crippen LogP contribution in [-0.4, -0.2) is 43.8 Å². The molecule has 0 spiro atoms. The number of rotatable bonds is 12. The van der Waals surface area contributed by atoms with Crippen LogP contribution >= 0.6 is 11.6 Å². The van der Waals surface area contributed by atoms with Crippen molar-refractivity contribution in [2.45, 2.75) is 62.0 Å². The van der Waals surface area contributed by atoms with Gasteiger partial charge in [0, 0.05) is 24.0 Å². The number of para-hydroxylation sites is 1. The zero-order valence-corrected chi connectivity index (χ0v) is 27.0. The highest BCUT2D eigenvalue weighted by atomic mass is 35.5. The van der Waals surface area contributed by atoms with Crippen LogP contribution in [0, 0.1) is 5.82 Å². The Labute approximate surface area is 275 Å². The maximum absolute atomic E-state index is 14.5. The SMILES string of the molecule is O=C(NC1CCCCC1)C(Cc1ccccc1)N(Cc1cccc(Cl)c1)C(=O)CN(c1ccccc1)S(=O)(=O)c1ccc(F)cc1. The van der Waals surface area contributed by atoms with Crippen LogP contribution in [0.1, 0.15) is 43.2 Å². The van der Waals surface area contributed by atoms with Crippen molar-refractivity contribution in [1.82, 2.24) is 10.2 Å². The highest BCUT2D eigenvalue weighted by Crippen LogP contribution is 2.26. The Balaban J connectivity index is 1.55. The molecule has 1 fully saturated rings. The van der Waals surface area contributed by atoms with Crippen molar-refractivity contribution in [3.63, 3.8) is 0 Å². The molecule has 0 saturated heterocycles. The van der Waals surface area contributed by atoms with Gasteiger partial charge in [-0.2, -0.15) is 0 Å². The van der Waals surface area contributed by atoms with Crippen LogP contribution in [0.2, 0.25) is 5.02 Å². The molecule has 46 heavy (non-hydrogen) atoms. The third-order valence-electron chi connectivity index (χ3n) is 8.19. The molecule has 7 nitrogen and oxygen atoms in total. The Morgan fingerprint density at radius 3 is 2.11 bits per heavy atom. The first kappa shape index (κ1) is 33.2. The molecule has 1 atom stereocenters. The number of nitrogens with one attached hydrogen (secondary N) is 1. The number of anilines is 1. The minimum atomic E-state index is -4.31. The van der Waals surface area contributed by atoms with E-state index < -0.39 is 34.3 Å². The normalized spacial score (nSPS) is 14.3. The van der Waals surface area contributed by atoms with Crippen LogP contribution in [0.3, 0.4) is 0 Å². The number of sulfonamides is 1. The van der Waals surface area contributed by atoms with Crippen LogP contribution in [0.25, 0.3) is 0 Å². The summed E-state index contributed by atoms with van der Waals surface area (Å²) in [6.07, 6.45) is 5.12. The number of carbonyl (C=O) groups excluding carboxylic acids is 2. The van der Waals surface area contributed by atoms with Gasteiger partial charge in [0.25, 0.3) is 10.0 Å². The van der Waals surface area contributed by atoms with Crippen LogP contribution in [0.5, 0.6) is 0 Å². The lowest BCUT2D eigenvalue weighted by Gasteiger charge is -2.35. The fourth-order valence-electron chi connectivity index (χ4n) is 5.79. The molecule has 4 aromatic carbocycles. The monoisotopic (exact) mass is 661 g/mol. The summed E-state index contributed by atoms with van der Waals surface area (Å²) in [6.45, 7) is -0.569. The minimum absolute atomic E-state index is 0.00214. The molecule has 0 aromatic heterocycles. The molecule has 1 aliphatic carbocycles. The van der Waals surface area contributed by atoms with E-state index in [4.69, 9.17) is 11.6 Å². The van der Waals surface area contributed by atoms with Crippen molar-refractivity contribution in [3.8, 4) is 0 Å². The molecule has 0 aliphatic heterocycles. The van der Waals surface area contributed by atoms with Crippen LogP contribution in [-0.2, 0) is 32.6 Å². The Hall–Kier alpha value is -4.21. The second kappa shape index (κ2) is 15.4. The summed E-state index contributed by atoms with van der Waals surface area (Å²) in [7, 11) is -4.31. The van der Waals surface area contributed by atoms with Crippen molar-refractivity contribution in [2.75, 3.05) is 10.8 Å². The summed E-state index contributed by atoms with van der Waals surface area (Å²) in [5.74, 6) is -1.45. The van der Waals surface area contributed by atoms with E-state index in [1.165, 1.54) is 17.0 Å². The lowest BCUT2D eigenvalue weighted by molar-refractivity contribution is -0.140. The summed E-state index contributed by atoms with van der Waals surface area (Å²) in [4.78, 5) is 29.9. The van der Waals surface area contributed by atoms with Crippen LogP contribution in [0.15, 0.2) is 114 Å². The fourth-order valence-corrected chi connectivity index (χ4v) is 7.41. The third kappa shape index (κ3) is 8.53. The summed E-state index contributed by atoms with van der Waals surface area (Å²) >= 11 is 6.31. The molecule has 240 valence electrons. The predicted molar refractivity (Wildman–Crippen MR) is 178 cm³/mol. The zero-order valence-electron chi connectivity index (χ0n) is 25.4. The Bertz CT molecular complexity index is 1720. The second-order valence-electron chi connectivity index (χ2n) is 11.5. The maximum atomic E-state index is 14.5. The van der Waals surface area contributed by atoms with Crippen LogP contribution in [0.4, 0.5) is 10.1 Å². The number of carbonyl (C=O) groups is 2. The molecular weight excluding hydrogens is 625 g/mol. The molecule has 0 bridgehead atoms. The molecule has 2 amide bonds. The van der Waals surface area contributed by atoms with Gasteiger partial charge in [0.15, 0.2) is 0 Å². The van der Waals surface area contributed by atoms with Crippen LogP contribution < -0.4 is 9.62 Å².